The lowest BCUT2D eigenvalue weighted by Crippen LogP contribution is -2.22. The highest BCUT2D eigenvalue weighted by molar-refractivity contribution is 7.94. The van der Waals surface area contributed by atoms with Crippen LogP contribution >= 0.6 is 0 Å². The molecule has 21 heavy (non-hydrogen) atoms. The molecule has 2 aromatic rings. The van der Waals surface area contributed by atoms with Crippen LogP contribution in [0, 0.1) is 0 Å². The van der Waals surface area contributed by atoms with Crippen LogP contribution in [0.15, 0.2) is 63.9 Å². The third kappa shape index (κ3) is 3.18. The number of hydrogen-bond acceptors (Lipinski definition) is 3. The van der Waals surface area contributed by atoms with Gasteiger partial charge in [-0.05, 0) is 24.3 Å². The Morgan fingerprint density at radius 3 is 2.29 bits per heavy atom. The Labute approximate surface area is 120 Å². The fourth-order valence-corrected chi connectivity index (χ4v) is 3.07. The topological polar surface area (TPSA) is 38.7 Å². The molecule has 2 rings (SSSR count). The van der Waals surface area contributed by atoms with Crippen LogP contribution in [0.5, 0.6) is 5.75 Å². The lowest BCUT2D eigenvalue weighted by molar-refractivity contribution is -0.0402. The molecule has 0 aliphatic heterocycles. The largest absolute Gasteiger partial charge is 0.497 e. The first-order valence-corrected chi connectivity index (χ1v) is 7.41. The van der Waals surface area contributed by atoms with Crippen molar-refractivity contribution in [3.63, 3.8) is 0 Å². The molecule has 1 atom stereocenters. The van der Waals surface area contributed by atoms with E-state index in [2.05, 4.69) is 4.36 Å². The number of benzene rings is 2. The predicted octanol–water partition coefficient (Wildman–Crippen LogP) is 4.37. The Morgan fingerprint density at radius 2 is 1.71 bits per heavy atom. The van der Waals surface area contributed by atoms with Crippen molar-refractivity contribution in [2.45, 2.75) is 10.4 Å². The molecule has 0 amide bonds. The molecule has 0 spiro atoms. The first kappa shape index (κ1) is 15.4. The molecular weight excluding hydrogens is 303 g/mol. The van der Waals surface area contributed by atoms with E-state index >= 15 is 0 Å². The molecule has 0 aliphatic rings. The van der Waals surface area contributed by atoms with Gasteiger partial charge in [0.05, 0.1) is 17.7 Å². The van der Waals surface area contributed by atoms with Crippen LogP contribution in [0.3, 0.4) is 0 Å². The summed E-state index contributed by atoms with van der Waals surface area (Å²) in [5, 5.41) is 0. The molecule has 0 fully saturated rings. The van der Waals surface area contributed by atoms with Crippen LogP contribution in [0.4, 0.5) is 18.9 Å². The second-order valence-electron chi connectivity index (χ2n) is 4.08. The Kier molecular flexibility index (Phi) is 4.22. The normalized spacial score (nSPS) is 14.3. The van der Waals surface area contributed by atoms with Crippen LogP contribution < -0.4 is 4.74 Å². The minimum Gasteiger partial charge on any atom is -0.497 e. The Bertz CT molecular complexity index is 735. The monoisotopic (exact) mass is 315 g/mol. The van der Waals surface area contributed by atoms with E-state index in [0.717, 1.165) is 12.1 Å². The van der Waals surface area contributed by atoms with Crippen LogP contribution in [0.2, 0.25) is 0 Å². The Morgan fingerprint density at radius 1 is 1.05 bits per heavy atom. The highest BCUT2D eigenvalue weighted by atomic mass is 32.2. The summed E-state index contributed by atoms with van der Waals surface area (Å²) in [5.74, 6) is 0.341. The number of rotatable bonds is 3. The fourth-order valence-electron chi connectivity index (χ4n) is 1.66. The van der Waals surface area contributed by atoms with Gasteiger partial charge in [-0.2, -0.15) is 17.5 Å². The van der Waals surface area contributed by atoms with Gasteiger partial charge in [0.2, 0.25) is 0 Å². The molecule has 112 valence electrons. The van der Waals surface area contributed by atoms with Crippen LogP contribution in [-0.2, 0) is 9.73 Å². The quantitative estimate of drug-likeness (QED) is 0.843. The summed E-state index contributed by atoms with van der Waals surface area (Å²) >= 11 is 0. The zero-order valence-electron chi connectivity index (χ0n) is 11.0. The van der Waals surface area contributed by atoms with Gasteiger partial charge < -0.3 is 4.74 Å². The number of nitrogens with zero attached hydrogens (tertiary/aromatic N) is 1. The third-order valence-corrected chi connectivity index (χ3v) is 4.67. The average Bonchev–Trinajstić information content (AvgIpc) is 2.47. The minimum absolute atomic E-state index is 0.0551. The van der Waals surface area contributed by atoms with Crippen molar-refractivity contribution >= 4 is 15.4 Å². The maximum atomic E-state index is 13.3. The zero-order chi connectivity index (χ0) is 15.5. The maximum absolute atomic E-state index is 13.3. The summed E-state index contributed by atoms with van der Waals surface area (Å²) in [6, 6.07) is 12.3. The van der Waals surface area contributed by atoms with Crippen LogP contribution in [0.1, 0.15) is 0 Å². The van der Waals surface area contributed by atoms with Gasteiger partial charge in [0.15, 0.2) is 9.73 Å². The second-order valence-corrected chi connectivity index (χ2v) is 6.25. The van der Waals surface area contributed by atoms with Crippen molar-refractivity contribution in [1.29, 1.82) is 0 Å². The number of alkyl halides is 3. The van der Waals surface area contributed by atoms with Gasteiger partial charge in [0, 0.05) is 6.07 Å². The molecule has 2 aromatic carbocycles. The van der Waals surface area contributed by atoms with Crippen molar-refractivity contribution in [1.82, 2.24) is 0 Å². The van der Waals surface area contributed by atoms with Gasteiger partial charge in [0.25, 0.3) is 0 Å². The highest BCUT2D eigenvalue weighted by Gasteiger charge is 2.44. The first-order valence-electron chi connectivity index (χ1n) is 5.89. The summed E-state index contributed by atoms with van der Waals surface area (Å²) in [7, 11) is -3.21. The molecule has 7 heteroatoms. The van der Waals surface area contributed by atoms with Gasteiger partial charge in [-0.3, -0.25) is 0 Å². The molecule has 0 saturated heterocycles. The van der Waals surface area contributed by atoms with E-state index in [0.29, 0.717) is 5.75 Å². The Balaban J connectivity index is 2.66. The summed E-state index contributed by atoms with van der Waals surface area (Å²) < 4.78 is 60.6. The summed E-state index contributed by atoms with van der Waals surface area (Å²) in [6.45, 7) is 0. The van der Waals surface area contributed by atoms with Gasteiger partial charge in [-0.1, -0.05) is 24.3 Å². The van der Waals surface area contributed by atoms with Gasteiger partial charge in [0.1, 0.15) is 5.75 Å². The van der Waals surface area contributed by atoms with Crippen LogP contribution in [-0.4, -0.2) is 16.8 Å². The smallest absolute Gasteiger partial charge is 0.484 e. The zero-order valence-corrected chi connectivity index (χ0v) is 11.8. The van der Waals surface area contributed by atoms with Gasteiger partial charge in [-0.25, -0.2) is 4.21 Å². The predicted molar refractivity (Wildman–Crippen MR) is 74.0 cm³/mol. The molecule has 3 nitrogen and oxygen atoms in total. The minimum atomic E-state index is -4.97. The molecule has 0 saturated carbocycles. The molecule has 0 aliphatic carbocycles. The standard InChI is InChI=1S/C14H12F3NO2S/c1-20-12-7-5-6-11(10-12)18-21(19,14(15,16)17)13-8-3-2-4-9-13/h2-10H,1H3. The molecule has 0 bridgehead atoms. The fraction of sp³-hybridized carbons (Fsp3) is 0.143. The maximum Gasteiger partial charge on any atom is 0.484 e. The van der Waals surface area contributed by atoms with Gasteiger partial charge >= 0.3 is 5.51 Å². The number of halogens is 3. The lowest BCUT2D eigenvalue weighted by atomic mass is 10.3. The van der Waals surface area contributed by atoms with E-state index in [-0.39, 0.29) is 10.6 Å². The van der Waals surface area contributed by atoms with Gasteiger partial charge in [-0.15, -0.1) is 0 Å². The third-order valence-electron chi connectivity index (χ3n) is 2.66. The van der Waals surface area contributed by atoms with E-state index in [1.807, 2.05) is 0 Å². The number of ether oxygens (including phenoxy) is 1. The van der Waals surface area contributed by atoms with Crippen molar-refractivity contribution in [2.75, 3.05) is 7.11 Å². The Hall–Kier alpha value is -2.02. The van der Waals surface area contributed by atoms with E-state index in [4.69, 9.17) is 4.74 Å². The van der Waals surface area contributed by atoms with E-state index in [1.165, 1.54) is 37.4 Å². The average molecular weight is 315 g/mol. The summed E-state index contributed by atoms with van der Waals surface area (Å²) in [6.07, 6.45) is 0. The van der Waals surface area contributed by atoms with Crippen molar-refractivity contribution in [2.24, 2.45) is 4.36 Å². The molecule has 0 heterocycles. The SMILES string of the molecule is COc1cccc(N=S(=O)(c2ccccc2)C(F)(F)F)c1. The first-order chi connectivity index (χ1) is 9.87. The van der Waals surface area contributed by atoms with Crippen molar-refractivity contribution in [3.8, 4) is 5.75 Å². The van der Waals surface area contributed by atoms with Crippen molar-refractivity contribution < 1.29 is 22.1 Å². The lowest BCUT2D eigenvalue weighted by Gasteiger charge is -2.14. The van der Waals surface area contributed by atoms with E-state index < -0.39 is 15.2 Å². The molecule has 0 aromatic heterocycles. The van der Waals surface area contributed by atoms with Crippen LogP contribution in [0.25, 0.3) is 0 Å². The highest BCUT2D eigenvalue weighted by Crippen LogP contribution is 2.35. The van der Waals surface area contributed by atoms with Crippen molar-refractivity contribution in [3.05, 3.63) is 54.6 Å². The summed E-state index contributed by atoms with van der Waals surface area (Å²) in [5.41, 5.74) is -5.03. The molecule has 0 radical (unpaired) electrons. The van der Waals surface area contributed by atoms with E-state index in [9.17, 15) is 17.4 Å². The second kappa shape index (κ2) is 5.77. The summed E-state index contributed by atoms with van der Waals surface area (Å²) in [4.78, 5) is -0.375. The van der Waals surface area contributed by atoms with E-state index in [1.54, 1.807) is 12.1 Å². The molecule has 0 N–H and O–H groups in total. The number of methoxy groups -OCH3 is 1. The number of hydrogen-bond donors (Lipinski definition) is 0. The molecular formula is C14H12F3NO2S. The molecule has 1 unspecified atom stereocenters.